The molecule has 0 saturated heterocycles. The molecule has 0 radical (unpaired) electrons. The second kappa shape index (κ2) is 6.37. The van der Waals surface area contributed by atoms with Crippen molar-refractivity contribution < 1.29 is 4.79 Å². The molecule has 0 aromatic rings. The van der Waals surface area contributed by atoms with Crippen LogP contribution in [0.4, 0.5) is 0 Å². The van der Waals surface area contributed by atoms with E-state index < -0.39 is 0 Å². The maximum atomic E-state index is 9.80. The Morgan fingerprint density at radius 3 is 2.67 bits per heavy atom. The summed E-state index contributed by atoms with van der Waals surface area (Å²) in [6.45, 7) is 0. The van der Waals surface area contributed by atoms with E-state index >= 15 is 0 Å². The molecule has 9 heavy (non-hydrogen) atoms. The fourth-order valence-corrected chi connectivity index (χ4v) is 0.808. The molecule has 1 atom stereocenters. The molecule has 0 spiro atoms. The first-order chi connectivity index (χ1) is 4.31. The highest BCUT2D eigenvalue weighted by atomic mass is 35.5. The maximum Gasteiger partial charge on any atom is 0.119 e. The van der Waals surface area contributed by atoms with E-state index in [4.69, 9.17) is 23.2 Å². The van der Waals surface area contributed by atoms with Crippen LogP contribution < -0.4 is 0 Å². The lowest BCUT2D eigenvalue weighted by Crippen LogP contribution is -1.99. The first kappa shape index (κ1) is 9.25. The molecule has 1 unspecified atom stereocenters. The van der Waals surface area contributed by atoms with Crippen LogP contribution in [0.1, 0.15) is 19.3 Å². The third-order valence-corrected chi connectivity index (χ3v) is 1.91. The number of aldehydes is 1. The quantitative estimate of drug-likeness (QED) is 0.350. The summed E-state index contributed by atoms with van der Waals surface area (Å²) in [4.78, 5) is 9.80. The predicted molar refractivity (Wildman–Crippen MR) is 40.3 cm³/mol. The first-order valence-corrected chi connectivity index (χ1v) is 3.92. The van der Waals surface area contributed by atoms with E-state index in [0.29, 0.717) is 12.3 Å². The van der Waals surface area contributed by atoms with Crippen molar-refractivity contribution >= 4 is 29.5 Å². The zero-order valence-electron chi connectivity index (χ0n) is 5.15. The van der Waals surface area contributed by atoms with Gasteiger partial charge < -0.3 is 4.79 Å². The molecule has 0 aliphatic heterocycles. The molecule has 3 heteroatoms. The van der Waals surface area contributed by atoms with Gasteiger partial charge in [-0.1, -0.05) is 0 Å². The summed E-state index contributed by atoms with van der Waals surface area (Å²) in [5.74, 6) is 0.473. The molecule has 0 saturated carbocycles. The van der Waals surface area contributed by atoms with Crippen LogP contribution in [0.2, 0.25) is 0 Å². The van der Waals surface area contributed by atoms with Crippen LogP contribution in [0.5, 0.6) is 0 Å². The van der Waals surface area contributed by atoms with Crippen LogP contribution in [-0.4, -0.2) is 17.5 Å². The molecular formula is C6H10Cl2O. The van der Waals surface area contributed by atoms with Crippen molar-refractivity contribution in [2.75, 3.05) is 5.88 Å². The smallest absolute Gasteiger partial charge is 0.119 e. The first-order valence-electron chi connectivity index (χ1n) is 2.95. The summed E-state index contributed by atoms with van der Waals surface area (Å²) in [7, 11) is 0. The van der Waals surface area contributed by atoms with Crippen LogP contribution in [0.3, 0.4) is 0 Å². The average Bonchev–Trinajstić information content (AvgIpc) is 1.89. The van der Waals surface area contributed by atoms with Crippen LogP contribution in [0.25, 0.3) is 0 Å². The van der Waals surface area contributed by atoms with Gasteiger partial charge in [-0.3, -0.25) is 0 Å². The standard InChI is InChI=1S/C6H10Cl2O/c7-5-6(8)3-1-2-4-9/h4,6H,1-3,5H2. The third-order valence-electron chi connectivity index (χ3n) is 1.01. The number of hydrogen-bond acceptors (Lipinski definition) is 1. The summed E-state index contributed by atoms with van der Waals surface area (Å²) in [6.07, 6.45) is 3.19. The predicted octanol–water partition coefficient (Wildman–Crippen LogP) is 2.20. The minimum atomic E-state index is 0.0339. The molecule has 1 nitrogen and oxygen atoms in total. The van der Waals surface area contributed by atoms with E-state index in [1.165, 1.54) is 0 Å². The van der Waals surface area contributed by atoms with E-state index in [1.807, 2.05) is 0 Å². The fraction of sp³-hybridized carbons (Fsp3) is 0.833. The Morgan fingerprint density at radius 2 is 2.22 bits per heavy atom. The lowest BCUT2D eigenvalue weighted by Gasteiger charge is -2.00. The van der Waals surface area contributed by atoms with Crippen molar-refractivity contribution in [2.24, 2.45) is 0 Å². The molecule has 0 aliphatic carbocycles. The van der Waals surface area contributed by atoms with Gasteiger partial charge in [0, 0.05) is 17.7 Å². The van der Waals surface area contributed by atoms with E-state index in [2.05, 4.69) is 0 Å². The number of alkyl halides is 2. The highest BCUT2D eigenvalue weighted by Gasteiger charge is 1.99. The maximum absolute atomic E-state index is 9.80. The second-order valence-electron chi connectivity index (χ2n) is 1.85. The molecule has 0 heterocycles. The van der Waals surface area contributed by atoms with Crippen LogP contribution in [0.15, 0.2) is 0 Å². The van der Waals surface area contributed by atoms with Gasteiger partial charge in [0.15, 0.2) is 0 Å². The van der Waals surface area contributed by atoms with Crippen molar-refractivity contribution in [3.63, 3.8) is 0 Å². The number of rotatable bonds is 5. The van der Waals surface area contributed by atoms with Crippen molar-refractivity contribution in [3.8, 4) is 0 Å². The lowest BCUT2D eigenvalue weighted by molar-refractivity contribution is -0.107. The van der Waals surface area contributed by atoms with E-state index in [0.717, 1.165) is 19.1 Å². The number of carbonyl (C=O) groups is 1. The van der Waals surface area contributed by atoms with Crippen molar-refractivity contribution in [3.05, 3.63) is 0 Å². The van der Waals surface area contributed by atoms with Gasteiger partial charge in [-0.15, -0.1) is 23.2 Å². The van der Waals surface area contributed by atoms with E-state index in [-0.39, 0.29) is 5.38 Å². The lowest BCUT2D eigenvalue weighted by atomic mass is 10.2. The number of carbonyl (C=O) groups excluding carboxylic acids is 1. The van der Waals surface area contributed by atoms with Gasteiger partial charge in [-0.25, -0.2) is 0 Å². The normalized spacial score (nSPS) is 13.1. The Kier molecular flexibility index (Phi) is 6.55. The molecule has 0 N–H and O–H groups in total. The summed E-state index contributed by atoms with van der Waals surface area (Å²) in [6, 6.07) is 0. The molecule has 0 aliphatic rings. The minimum Gasteiger partial charge on any atom is -0.303 e. The van der Waals surface area contributed by atoms with Gasteiger partial charge >= 0.3 is 0 Å². The zero-order chi connectivity index (χ0) is 7.11. The molecule has 0 rings (SSSR count). The third kappa shape index (κ3) is 6.13. The monoisotopic (exact) mass is 168 g/mol. The van der Waals surface area contributed by atoms with Gasteiger partial charge in [0.2, 0.25) is 0 Å². The van der Waals surface area contributed by atoms with Gasteiger partial charge in [0.05, 0.1) is 0 Å². The Hall–Kier alpha value is 0.250. The van der Waals surface area contributed by atoms with Crippen LogP contribution in [0, 0.1) is 0 Å². The van der Waals surface area contributed by atoms with Crippen molar-refractivity contribution in [1.82, 2.24) is 0 Å². The Labute approximate surface area is 65.3 Å². The summed E-state index contributed by atoms with van der Waals surface area (Å²) < 4.78 is 0. The van der Waals surface area contributed by atoms with Crippen LogP contribution in [-0.2, 0) is 4.79 Å². The van der Waals surface area contributed by atoms with E-state index in [9.17, 15) is 4.79 Å². The van der Waals surface area contributed by atoms with Crippen molar-refractivity contribution in [2.45, 2.75) is 24.6 Å². The minimum absolute atomic E-state index is 0.0339. The summed E-state index contributed by atoms with van der Waals surface area (Å²) in [5, 5.41) is 0.0339. The molecule has 54 valence electrons. The number of halogens is 2. The second-order valence-corrected chi connectivity index (χ2v) is 2.77. The summed E-state index contributed by atoms with van der Waals surface area (Å²) in [5.41, 5.74) is 0. The Morgan fingerprint density at radius 1 is 1.56 bits per heavy atom. The largest absolute Gasteiger partial charge is 0.303 e. The van der Waals surface area contributed by atoms with Gasteiger partial charge in [0.25, 0.3) is 0 Å². The SMILES string of the molecule is O=CCCCC(Cl)CCl. The topological polar surface area (TPSA) is 17.1 Å². The molecule has 0 aromatic carbocycles. The highest BCUT2D eigenvalue weighted by molar-refractivity contribution is 6.28. The molecule has 0 aromatic heterocycles. The molecule has 0 amide bonds. The molecule has 0 bridgehead atoms. The number of hydrogen-bond donors (Lipinski definition) is 0. The summed E-state index contributed by atoms with van der Waals surface area (Å²) >= 11 is 11.1. The Bertz CT molecular complexity index is 75.5. The number of unbranched alkanes of at least 4 members (excludes halogenated alkanes) is 1. The molecular weight excluding hydrogens is 159 g/mol. The highest BCUT2D eigenvalue weighted by Crippen LogP contribution is 2.07. The molecule has 0 fully saturated rings. The Balaban J connectivity index is 2.96. The van der Waals surface area contributed by atoms with Gasteiger partial charge in [0.1, 0.15) is 6.29 Å². The van der Waals surface area contributed by atoms with Crippen LogP contribution >= 0.6 is 23.2 Å². The van der Waals surface area contributed by atoms with Gasteiger partial charge in [-0.05, 0) is 12.8 Å². The van der Waals surface area contributed by atoms with E-state index in [1.54, 1.807) is 0 Å². The van der Waals surface area contributed by atoms with Crippen molar-refractivity contribution in [1.29, 1.82) is 0 Å². The van der Waals surface area contributed by atoms with Gasteiger partial charge in [-0.2, -0.15) is 0 Å². The zero-order valence-corrected chi connectivity index (χ0v) is 6.66. The average molecular weight is 169 g/mol. The fourth-order valence-electron chi connectivity index (χ4n) is 0.500.